The molecule has 0 aliphatic rings. The summed E-state index contributed by atoms with van der Waals surface area (Å²) in [6.07, 6.45) is 3.05. The molecule has 2 rings (SSSR count). The molecule has 2 aromatic rings. The largest absolute Gasteiger partial charge is 0.481 e. The van der Waals surface area contributed by atoms with Crippen molar-refractivity contribution >= 4 is 17.4 Å². The van der Waals surface area contributed by atoms with Crippen LogP contribution in [-0.2, 0) is 0 Å². The lowest BCUT2D eigenvalue weighted by molar-refractivity contribution is 0.102. The SMILES string of the molecule is COc1ccc(NC(=O)c2cccnc2NN)cn1. The number of carbonyl (C=O) groups excluding carboxylic acids is 1. The van der Waals surface area contributed by atoms with Crippen molar-refractivity contribution < 1.29 is 9.53 Å². The maximum atomic E-state index is 12.0. The van der Waals surface area contributed by atoms with Crippen molar-refractivity contribution in [2.24, 2.45) is 5.84 Å². The van der Waals surface area contributed by atoms with E-state index in [1.807, 2.05) is 0 Å². The fraction of sp³-hybridized carbons (Fsp3) is 0.0833. The molecule has 0 fully saturated rings. The van der Waals surface area contributed by atoms with Crippen molar-refractivity contribution in [3.63, 3.8) is 0 Å². The highest BCUT2D eigenvalue weighted by molar-refractivity contribution is 6.07. The third-order valence-corrected chi connectivity index (χ3v) is 2.39. The quantitative estimate of drug-likeness (QED) is 0.559. The molecule has 0 aromatic carbocycles. The zero-order chi connectivity index (χ0) is 13.7. The van der Waals surface area contributed by atoms with Crippen LogP contribution in [-0.4, -0.2) is 23.0 Å². The van der Waals surface area contributed by atoms with E-state index in [1.54, 1.807) is 30.5 Å². The van der Waals surface area contributed by atoms with Crippen molar-refractivity contribution in [3.05, 3.63) is 42.2 Å². The van der Waals surface area contributed by atoms with Crippen molar-refractivity contribution in [2.75, 3.05) is 17.9 Å². The number of methoxy groups -OCH3 is 1. The lowest BCUT2D eigenvalue weighted by Crippen LogP contribution is -2.18. The van der Waals surface area contributed by atoms with Gasteiger partial charge in [0.25, 0.3) is 5.91 Å². The summed E-state index contributed by atoms with van der Waals surface area (Å²) in [4.78, 5) is 20.0. The summed E-state index contributed by atoms with van der Waals surface area (Å²) in [6.45, 7) is 0. The Kier molecular flexibility index (Phi) is 3.89. The summed E-state index contributed by atoms with van der Waals surface area (Å²) in [7, 11) is 1.52. The molecule has 0 atom stereocenters. The standard InChI is InChI=1S/C12H13N5O2/c1-19-10-5-4-8(7-15-10)16-12(18)9-3-2-6-14-11(9)17-13/h2-7H,13H2,1H3,(H,14,17)(H,16,18). The number of ether oxygens (including phenoxy) is 1. The van der Waals surface area contributed by atoms with Crippen LogP contribution in [0, 0.1) is 0 Å². The first-order valence-electron chi connectivity index (χ1n) is 5.47. The van der Waals surface area contributed by atoms with Gasteiger partial charge in [-0.05, 0) is 18.2 Å². The minimum absolute atomic E-state index is 0.307. The zero-order valence-corrected chi connectivity index (χ0v) is 10.3. The molecule has 4 N–H and O–H groups in total. The molecule has 1 amide bonds. The Hall–Kier alpha value is -2.67. The van der Waals surface area contributed by atoms with Gasteiger partial charge in [-0.2, -0.15) is 0 Å². The number of hydrazine groups is 1. The number of anilines is 2. The van der Waals surface area contributed by atoms with Crippen LogP contribution in [0.4, 0.5) is 11.5 Å². The molecule has 7 heteroatoms. The molecule has 98 valence electrons. The Morgan fingerprint density at radius 3 is 2.79 bits per heavy atom. The number of hydrogen-bond acceptors (Lipinski definition) is 6. The molecule has 2 heterocycles. The van der Waals surface area contributed by atoms with Gasteiger partial charge in [-0.1, -0.05) is 0 Å². The van der Waals surface area contributed by atoms with Gasteiger partial charge in [0.15, 0.2) is 5.82 Å². The lowest BCUT2D eigenvalue weighted by Gasteiger charge is -2.08. The van der Waals surface area contributed by atoms with Gasteiger partial charge in [0.2, 0.25) is 5.88 Å². The Bertz CT molecular complexity index is 571. The van der Waals surface area contributed by atoms with E-state index in [2.05, 4.69) is 20.7 Å². The van der Waals surface area contributed by atoms with E-state index in [4.69, 9.17) is 10.6 Å². The minimum Gasteiger partial charge on any atom is -0.481 e. The summed E-state index contributed by atoms with van der Waals surface area (Å²) >= 11 is 0. The minimum atomic E-state index is -0.326. The second kappa shape index (κ2) is 5.78. The molecule has 0 saturated carbocycles. The number of amides is 1. The first-order chi connectivity index (χ1) is 9.24. The summed E-state index contributed by atoms with van der Waals surface area (Å²) < 4.78 is 4.93. The number of nitrogens with one attached hydrogen (secondary N) is 2. The van der Waals surface area contributed by atoms with E-state index in [9.17, 15) is 4.79 Å². The molecule has 0 spiro atoms. The maximum absolute atomic E-state index is 12.0. The summed E-state index contributed by atoms with van der Waals surface area (Å²) in [5, 5.41) is 2.69. The Labute approximate surface area is 109 Å². The van der Waals surface area contributed by atoms with Crippen molar-refractivity contribution in [1.82, 2.24) is 9.97 Å². The summed E-state index contributed by atoms with van der Waals surface area (Å²) in [5.41, 5.74) is 3.27. The molecule has 2 aromatic heterocycles. The average molecular weight is 259 g/mol. The topological polar surface area (TPSA) is 102 Å². The average Bonchev–Trinajstić information content (AvgIpc) is 2.48. The highest BCUT2D eigenvalue weighted by Crippen LogP contribution is 2.15. The lowest BCUT2D eigenvalue weighted by atomic mass is 10.2. The summed E-state index contributed by atoms with van der Waals surface area (Å²) in [6, 6.07) is 6.62. The number of hydrogen-bond donors (Lipinski definition) is 3. The molecule has 0 aliphatic heterocycles. The number of nitrogens with two attached hydrogens (primary N) is 1. The van der Waals surface area contributed by atoms with E-state index < -0.39 is 0 Å². The second-order valence-electron chi connectivity index (χ2n) is 3.59. The number of rotatable bonds is 4. The van der Waals surface area contributed by atoms with Crippen LogP contribution in [0.1, 0.15) is 10.4 Å². The van der Waals surface area contributed by atoms with Crippen molar-refractivity contribution in [3.8, 4) is 5.88 Å². The van der Waals surface area contributed by atoms with E-state index >= 15 is 0 Å². The van der Waals surface area contributed by atoms with Crippen LogP contribution in [0.5, 0.6) is 5.88 Å². The van der Waals surface area contributed by atoms with E-state index in [0.717, 1.165) is 0 Å². The smallest absolute Gasteiger partial charge is 0.259 e. The first-order valence-corrected chi connectivity index (χ1v) is 5.47. The molecular weight excluding hydrogens is 246 g/mol. The maximum Gasteiger partial charge on any atom is 0.259 e. The number of carbonyl (C=O) groups is 1. The Morgan fingerprint density at radius 2 is 2.16 bits per heavy atom. The highest BCUT2D eigenvalue weighted by Gasteiger charge is 2.11. The Balaban J connectivity index is 2.16. The molecule has 0 bridgehead atoms. The predicted molar refractivity (Wildman–Crippen MR) is 70.8 cm³/mol. The fourth-order valence-electron chi connectivity index (χ4n) is 1.48. The van der Waals surface area contributed by atoms with Gasteiger partial charge < -0.3 is 15.5 Å². The fourth-order valence-corrected chi connectivity index (χ4v) is 1.48. The van der Waals surface area contributed by atoms with Gasteiger partial charge in [0.1, 0.15) is 0 Å². The van der Waals surface area contributed by atoms with Crippen LogP contribution in [0.15, 0.2) is 36.7 Å². The normalized spacial score (nSPS) is 9.79. The van der Waals surface area contributed by atoms with E-state index in [-0.39, 0.29) is 5.91 Å². The third kappa shape index (κ3) is 2.96. The van der Waals surface area contributed by atoms with Gasteiger partial charge in [0, 0.05) is 12.3 Å². The molecule has 19 heavy (non-hydrogen) atoms. The molecular formula is C12H13N5O2. The molecule has 7 nitrogen and oxygen atoms in total. The van der Waals surface area contributed by atoms with Gasteiger partial charge in [0.05, 0.1) is 24.6 Å². The van der Waals surface area contributed by atoms with Crippen molar-refractivity contribution in [1.29, 1.82) is 0 Å². The summed E-state index contributed by atoms with van der Waals surface area (Å²) in [5.74, 6) is 5.75. The Morgan fingerprint density at radius 1 is 1.32 bits per heavy atom. The van der Waals surface area contributed by atoms with E-state index in [1.165, 1.54) is 13.3 Å². The van der Waals surface area contributed by atoms with Crippen LogP contribution in [0.25, 0.3) is 0 Å². The van der Waals surface area contributed by atoms with Crippen LogP contribution in [0.3, 0.4) is 0 Å². The van der Waals surface area contributed by atoms with Crippen LogP contribution < -0.4 is 21.3 Å². The molecule has 0 radical (unpaired) electrons. The number of nitrogen functional groups attached to an aromatic ring is 1. The third-order valence-electron chi connectivity index (χ3n) is 2.39. The number of aromatic nitrogens is 2. The molecule has 0 unspecified atom stereocenters. The first kappa shape index (κ1) is 12.8. The van der Waals surface area contributed by atoms with Crippen LogP contribution in [0.2, 0.25) is 0 Å². The molecule has 0 saturated heterocycles. The molecule has 0 aliphatic carbocycles. The van der Waals surface area contributed by atoms with Gasteiger partial charge in [-0.15, -0.1) is 0 Å². The van der Waals surface area contributed by atoms with Gasteiger partial charge in [-0.25, -0.2) is 15.8 Å². The number of pyridine rings is 2. The zero-order valence-electron chi connectivity index (χ0n) is 10.3. The van der Waals surface area contributed by atoms with Gasteiger partial charge >= 0.3 is 0 Å². The monoisotopic (exact) mass is 259 g/mol. The van der Waals surface area contributed by atoms with Crippen molar-refractivity contribution in [2.45, 2.75) is 0 Å². The van der Waals surface area contributed by atoms with E-state index in [0.29, 0.717) is 22.9 Å². The predicted octanol–water partition coefficient (Wildman–Crippen LogP) is 1.02. The highest BCUT2D eigenvalue weighted by atomic mass is 16.5. The van der Waals surface area contributed by atoms with Gasteiger partial charge in [-0.3, -0.25) is 4.79 Å². The number of nitrogens with zero attached hydrogens (tertiary/aromatic N) is 2. The second-order valence-corrected chi connectivity index (χ2v) is 3.59. The van der Waals surface area contributed by atoms with Crippen LogP contribution >= 0.6 is 0 Å².